The van der Waals surface area contributed by atoms with E-state index in [1.807, 2.05) is 0 Å². The maximum absolute atomic E-state index is 12.9. The molecule has 1 rings (SSSR count). The zero-order chi connectivity index (χ0) is 13.0. The highest BCUT2D eigenvalue weighted by Crippen LogP contribution is 2.10. The molecule has 1 aromatic carbocycles. The normalized spacial score (nSPS) is 11.9. The first kappa shape index (κ1) is 13.1. The SMILES string of the molecule is CC(=O)N[C@@H](Cc1ccc(F)c(F)c1)C(=O)O. The Morgan fingerprint density at radius 3 is 2.47 bits per heavy atom. The van der Waals surface area contributed by atoms with Gasteiger partial charge in [0.05, 0.1) is 0 Å². The van der Waals surface area contributed by atoms with Gasteiger partial charge in [-0.2, -0.15) is 0 Å². The molecule has 0 aromatic heterocycles. The van der Waals surface area contributed by atoms with Crippen LogP contribution in [0.5, 0.6) is 0 Å². The van der Waals surface area contributed by atoms with E-state index in [0.29, 0.717) is 5.56 Å². The molecular formula is C11H11F2NO3. The van der Waals surface area contributed by atoms with Crippen molar-refractivity contribution in [3.05, 3.63) is 35.4 Å². The smallest absolute Gasteiger partial charge is 0.326 e. The third kappa shape index (κ3) is 3.82. The molecule has 0 saturated carbocycles. The molecule has 0 aliphatic rings. The van der Waals surface area contributed by atoms with Crippen LogP contribution in [0.15, 0.2) is 18.2 Å². The quantitative estimate of drug-likeness (QED) is 0.832. The van der Waals surface area contributed by atoms with Crippen LogP contribution in [-0.4, -0.2) is 23.0 Å². The summed E-state index contributed by atoms with van der Waals surface area (Å²) in [5, 5.41) is 11.0. The fraction of sp³-hybridized carbons (Fsp3) is 0.273. The molecule has 0 aliphatic carbocycles. The summed E-state index contributed by atoms with van der Waals surface area (Å²) in [5.74, 6) is -3.78. The van der Waals surface area contributed by atoms with Crippen LogP contribution >= 0.6 is 0 Å². The summed E-state index contributed by atoms with van der Waals surface area (Å²) in [6, 6.07) is 1.94. The first-order valence-corrected chi connectivity index (χ1v) is 4.84. The lowest BCUT2D eigenvalue weighted by Crippen LogP contribution is -2.41. The first-order valence-electron chi connectivity index (χ1n) is 4.84. The average Bonchev–Trinajstić information content (AvgIpc) is 2.21. The predicted molar refractivity (Wildman–Crippen MR) is 55.3 cm³/mol. The Labute approximate surface area is 96.3 Å². The molecule has 0 bridgehead atoms. The fourth-order valence-corrected chi connectivity index (χ4v) is 1.35. The number of aliphatic carboxylic acids is 1. The Hall–Kier alpha value is -1.98. The second-order valence-corrected chi connectivity index (χ2v) is 3.54. The van der Waals surface area contributed by atoms with Gasteiger partial charge in [-0.15, -0.1) is 0 Å². The van der Waals surface area contributed by atoms with Gasteiger partial charge in [0.15, 0.2) is 11.6 Å². The van der Waals surface area contributed by atoms with E-state index < -0.39 is 29.6 Å². The lowest BCUT2D eigenvalue weighted by molar-refractivity contribution is -0.141. The van der Waals surface area contributed by atoms with Crippen LogP contribution in [0.1, 0.15) is 12.5 Å². The van der Waals surface area contributed by atoms with Crippen molar-refractivity contribution in [1.29, 1.82) is 0 Å². The van der Waals surface area contributed by atoms with Crippen molar-refractivity contribution in [2.75, 3.05) is 0 Å². The van der Waals surface area contributed by atoms with E-state index in [4.69, 9.17) is 5.11 Å². The number of amides is 1. The Morgan fingerprint density at radius 1 is 1.35 bits per heavy atom. The van der Waals surface area contributed by atoms with Gasteiger partial charge < -0.3 is 10.4 Å². The monoisotopic (exact) mass is 243 g/mol. The number of carboxylic acid groups (broad SMARTS) is 1. The highest BCUT2D eigenvalue weighted by molar-refractivity contribution is 5.82. The van der Waals surface area contributed by atoms with Crippen LogP contribution in [0.3, 0.4) is 0 Å². The summed E-state index contributed by atoms with van der Waals surface area (Å²) in [5.41, 5.74) is 0.296. The molecule has 0 heterocycles. The van der Waals surface area contributed by atoms with Gasteiger partial charge in [-0.05, 0) is 17.7 Å². The van der Waals surface area contributed by atoms with Crippen molar-refractivity contribution >= 4 is 11.9 Å². The van der Waals surface area contributed by atoms with E-state index in [9.17, 15) is 18.4 Å². The Morgan fingerprint density at radius 2 is 2.00 bits per heavy atom. The number of benzene rings is 1. The largest absolute Gasteiger partial charge is 0.480 e. The van der Waals surface area contributed by atoms with Crippen LogP contribution in [0.25, 0.3) is 0 Å². The molecule has 92 valence electrons. The minimum Gasteiger partial charge on any atom is -0.480 e. The van der Waals surface area contributed by atoms with Crippen molar-refractivity contribution in [2.24, 2.45) is 0 Å². The third-order valence-electron chi connectivity index (χ3n) is 2.10. The van der Waals surface area contributed by atoms with Gasteiger partial charge in [0.1, 0.15) is 6.04 Å². The van der Waals surface area contributed by atoms with E-state index in [1.54, 1.807) is 0 Å². The van der Waals surface area contributed by atoms with Crippen LogP contribution in [0.2, 0.25) is 0 Å². The molecule has 0 aliphatic heterocycles. The van der Waals surface area contributed by atoms with Crippen LogP contribution < -0.4 is 5.32 Å². The second kappa shape index (κ2) is 5.38. The Kier molecular flexibility index (Phi) is 4.14. The summed E-state index contributed by atoms with van der Waals surface area (Å²) in [7, 11) is 0. The number of carbonyl (C=O) groups excluding carboxylic acids is 1. The molecule has 6 heteroatoms. The summed E-state index contributed by atoms with van der Waals surface area (Å²) < 4.78 is 25.5. The number of nitrogens with one attached hydrogen (secondary N) is 1. The molecule has 0 radical (unpaired) electrons. The molecule has 0 spiro atoms. The topological polar surface area (TPSA) is 66.4 Å². The number of hydrogen-bond acceptors (Lipinski definition) is 2. The zero-order valence-corrected chi connectivity index (χ0v) is 9.04. The van der Waals surface area contributed by atoms with Gasteiger partial charge in [-0.1, -0.05) is 6.07 Å². The van der Waals surface area contributed by atoms with Gasteiger partial charge in [0.2, 0.25) is 5.91 Å². The first-order chi connectivity index (χ1) is 7.90. The average molecular weight is 243 g/mol. The maximum atomic E-state index is 12.9. The molecular weight excluding hydrogens is 232 g/mol. The Balaban J connectivity index is 2.82. The standard InChI is InChI=1S/C11H11F2NO3/c1-6(15)14-10(11(16)17)5-7-2-3-8(12)9(13)4-7/h2-4,10H,5H2,1H3,(H,14,15)(H,16,17)/t10-/m0/s1. The zero-order valence-electron chi connectivity index (χ0n) is 9.04. The molecule has 1 atom stereocenters. The molecule has 2 N–H and O–H groups in total. The van der Waals surface area contributed by atoms with Crippen LogP contribution in [-0.2, 0) is 16.0 Å². The van der Waals surface area contributed by atoms with Crippen LogP contribution in [0.4, 0.5) is 8.78 Å². The summed E-state index contributed by atoms with van der Waals surface area (Å²) in [4.78, 5) is 21.6. The molecule has 0 fully saturated rings. The summed E-state index contributed by atoms with van der Waals surface area (Å²) in [6.07, 6.45) is -0.105. The lowest BCUT2D eigenvalue weighted by atomic mass is 10.1. The molecule has 1 amide bonds. The number of carboxylic acids is 1. The highest BCUT2D eigenvalue weighted by Gasteiger charge is 2.19. The summed E-state index contributed by atoms with van der Waals surface area (Å²) >= 11 is 0. The Bertz CT molecular complexity index is 448. The van der Waals surface area contributed by atoms with E-state index in [2.05, 4.69) is 5.32 Å². The predicted octanol–water partition coefficient (Wildman–Crippen LogP) is 1.10. The van der Waals surface area contributed by atoms with Crippen molar-refractivity contribution in [1.82, 2.24) is 5.32 Å². The highest BCUT2D eigenvalue weighted by atomic mass is 19.2. The van der Waals surface area contributed by atoms with Crippen LogP contribution in [0, 0.1) is 11.6 Å². The molecule has 4 nitrogen and oxygen atoms in total. The van der Waals surface area contributed by atoms with E-state index >= 15 is 0 Å². The third-order valence-corrected chi connectivity index (χ3v) is 2.10. The molecule has 17 heavy (non-hydrogen) atoms. The van der Waals surface area contributed by atoms with Gasteiger partial charge in [0.25, 0.3) is 0 Å². The van der Waals surface area contributed by atoms with Gasteiger partial charge >= 0.3 is 5.97 Å². The number of carbonyl (C=O) groups is 2. The van der Waals surface area contributed by atoms with E-state index in [0.717, 1.165) is 12.1 Å². The number of rotatable bonds is 4. The van der Waals surface area contributed by atoms with E-state index in [1.165, 1.54) is 13.0 Å². The maximum Gasteiger partial charge on any atom is 0.326 e. The lowest BCUT2D eigenvalue weighted by Gasteiger charge is -2.13. The second-order valence-electron chi connectivity index (χ2n) is 3.54. The minimum atomic E-state index is -1.23. The molecule has 1 aromatic rings. The molecule has 0 unspecified atom stereocenters. The minimum absolute atomic E-state index is 0.105. The number of halogens is 2. The van der Waals surface area contributed by atoms with Crippen molar-refractivity contribution in [3.8, 4) is 0 Å². The van der Waals surface area contributed by atoms with E-state index in [-0.39, 0.29) is 6.42 Å². The van der Waals surface area contributed by atoms with Crippen molar-refractivity contribution < 1.29 is 23.5 Å². The van der Waals surface area contributed by atoms with Crippen molar-refractivity contribution in [2.45, 2.75) is 19.4 Å². The van der Waals surface area contributed by atoms with Gasteiger partial charge in [0, 0.05) is 13.3 Å². The number of hydrogen-bond donors (Lipinski definition) is 2. The van der Waals surface area contributed by atoms with Gasteiger partial charge in [-0.25, -0.2) is 13.6 Å². The fourth-order valence-electron chi connectivity index (χ4n) is 1.35. The van der Waals surface area contributed by atoms with Crippen molar-refractivity contribution in [3.63, 3.8) is 0 Å². The van der Waals surface area contributed by atoms with Gasteiger partial charge in [-0.3, -0.25) is 4.79 Å². The summed E-state index contributed by atoms with van der Waals surface area (Å²) in [6.45, 7) is 1.18. The molecule has 0 saturated heterocycles.